The Morgan fingerprint density at radius 3 is 2.00 bits per heavy atom. The van der Waals surface area contributed by atoms with Crippen LogP contribution < -0.4 is 5.73 Å². The molecule has 2 aliphatic rings. The van der Waals surface area contributed by atoms with Crippen LogP contribution in [0.1, 0.15) is 46.0 Å². The van der Waals surface area contributed by atoms with Gasteiger partial charge in [0.15, 0.2) is 0 Å². The fourth-order valence-electron chi connectivity index (χ4n) is 3.11. The van der Waals surface area contributed by atoms with E-state index in [1.807, 2.05) is 4.90 Å². The Hall–Kier alpha value is -1.10. The molecule has 0 bridgehead atoms. The maximum atomic E-state index is 12.4. The first-order chi connectivity index (χ1) is 9.39. The molecule has 20 heavy (non-hydrogen) atoms. The molecule has 0 saturated carbocycles. The zero-order valence-electron chi connectivity index (χ0n) is 12.7. The highest BCUT2D eigenvalue weighted by molar-refractivity contribution is 5.85. The minimum atomic E-state index is -0.816. The van der Waals surface area contributed by atoms with Crippen LogP contribution in [-0.4, -0.2) is 53.3 Å². The average molecular weight is 281 g/mol. The van der Waals surface area contributed by atoms with E-state index in [4.69, 9.17) is 5.73 Å². The second-order valence-corrected chi connectivity index (χ2v) is 6.67. The molecule has 2 amide bonds. The molecule has 5 heteroatoms. The van der Waals surface area contributed by atoms with Crippen LogP contribution in [-0.2, 0) is 9.59 Å². The molecule has 0 unspecified atom stereocenters. The van der Waals surface area contributed by atoms with Crippen LogP contribution in [0.2, 0.25) is 0 Å². The number of hydrogen-bond donors (Lipinski definition) is 1. The number of hydrogen-bond acceptors (Lipinski definition) is 3. The number of carbonyl (C=O) groups excluding carboxylic acids is 2. The van der Waals surface area contributed by atoms with Gasteiger partial charge in [-0.15, -0.1) is 0 Å². The molecule has 2 rings (SSSR count). The lowest BCUT2D eigenvalue weighted by atomic mass is 9.93. The van der Waals surface area contributed by atoms with E-state index in [1.165, 1.54) is 6.42 Å². The van der Waals surface area contributed by atoms with Crippen molar-refractivity contribution in [3.05, 3.63) is 0 Å². The summed E-state index contributed by atoms with van der Waals surface area (Å²) in [6.07, 6.45) is 5.05. The predicted octanol–water partition coefficient (Wildman–Crippen LogP) is 0.975. The Kier molecular flexibility index (Phi) is 4.68. The molecule has 2 heterocycles. The van der Waals surface area contributed by atoms with Gasteiger partial charge in [-0.2, -0.15) is 0 Å². The zero-order valence-corrected chi connectivity index (χ0v) is 12.7. The number of carbonyl (C=O) groups is 2. The molecular weight excluding hydrogens is 254 g/mol. The monoisotopic (exact) mass is 281 g/mol. The average Bonchev–Trinajstić information content (AvgIpc) is 2.46. The van der Waals surface area contributed by atoms with E-state index in [2.05, 4.69) is 0 Å². The topological polar surface area (TPSA) is 66.6 Å². The van der Waals surface area contributed by atoms with Crippen molar-refractivity contribution in [3.8, 4) is 0 Å². The van der Waals surface area contributed by atoms with Gasteiger partial charge in [0.05, 0.1) is 5.54 Å². The van der Waals surface area contributed by atoms with Gasteiger partial charge >= 0.3 is 0 Å². The SMILES string of the molecule is CC(C)(N)C(=O)N1CCC(C(=O)N2CCCCC2)CC1. The van der Waals surface area contributed by atoms with Crippen molar-refractivity contribution in [2.45, 2.75) is 51.5 Å². The summed E-state index contributed by atoms with van der Waals surface area (Å²) in [7, 11) is 0. The second kappa shape index (κ2) is 6.12. The Labute approximate surface area is 121 Å². The Balaban J connectivity index is 1.84. The molecule has 0 spiro atoms. The van der Waals surface area contributed by atoms with Gasteiger partial charge in [-0.1, -0.05) is 0 Å². The maximum absolute atomic E-state index is 12.4. The molecule has 0 aromatic heterocycles. The third-order valence-corrected chi connectivity index (χ3v) is 4.35. The van der Waals surface area contributed by atoms with Crippen molar-refractivity contribution in [1.82, 2.24) is 9.80 Å². The minimum absolute atomic E-state index is 0.0126. The molecule has 0 aromatic carbocycles. The minimum Gasteiger partial charge on any atom is -0.342 e. The standard InChI is InChI=1S/C15H27N3O2/c1-15(2,16)14(20)18-10-6-12(7-11-18)13(19)17-8-4-3-5-9-17/h12H,3-11,16H2,1-2H3. The number of amides is 2. The predicted molar refractivity (Wildman–Crippen MR) is 78.0 cm³/mol. The van der Waals surface area contributed by atoms with Crippen molar-refractivity contribution < 1.29 is 9.59 Å². The summed E-state index contributed by atoms with van der Waals surface area (Å²) in [6, 6.07) is 0. The number of piperidine rings is 2. The Morgan fingerprint density at radius 1 is 0.950 bits per heavy atom. The van der Waals surface area contributed by atoms with Crippen molar-refractivity contribution in [2.75, 3.05) is 26.2 Å². The highest BCUT2D eigenvalue weighted by Gasteiger charge is 2.34. The quantitative estimate of drug-likeness (QED) is 0.820. The molecule has 2 saturated heterocycles. The fraction of sp³-hybridized carbons (Fsp3) is 0.867. The van der Waals surface area contributed by atoms with Gasteiger partial charge in [-0.25, -0.2) is 0 Å². The highest BCUT2D eigenvalue weighted by atomic mass is 16.2. The lowest BCUT2D eigenvalue weighted by Crippen LogP contribution is -2.54. The van der Waals surface area contributed by atoms with E-state index >= 15 is 0 Å². The van der Waals surface area contributed by atoms with Crippen LogP contribution in [0.3, 0.4) is 0 Å². The lowest BCUT2D eigenvalue weighted by Gasteiger charge is -2.37. The molecule has 114 valence electrons. The lowest BCUT2D eigenvalue weighted by molar-refractivity contribution is -0.143. The van der Waals surface area contributed by atoms with Crippen molar-refractivity contribution in [2.24, 2.45) is 11.7 Å². The van der Waals surface area contributed by atoms with Crippen molar-refractivity contribution in [1.29, 1.82) is 0 Å². The number of nitrogens with two attached hydrogens (primary N) is 1. The van der Waals surface area contributed by atoms with Gasteiger partial charge in [0, 0.05) is 32.1 Å². The zero-order chi connectivity index (χ0) is 14.8. The van der Waals surface area contributed by atoms with E-state index in [-0.39, 0.29) is 11.8 Å². The molecule has 0 aliphatic carbocycles. The summed E-state index contributed by atoms with van der Waals surface area (Å²) >= 11 is 0. The summed E-state index contributed by atoms with van der Waals surface area (Å²) in [6.45, 7) is 6.61. The Morgan fingerprint density at radius 2 is 1.50 bits per heavy atom. The molecular formula is C15H27N3O2. The van der Waals surface area contributed by atoms with Gasteiger partial charge in [0.1, 0.15) is 0 Å². The van der Waals surface area contributed by atoms with Gasteiger partial charge < -0.3 is 15.5 Å². The van der Waals surface area contributed by atoms with Gasteiger partial charge in [0.2, 0.25) is 11.8 Å². The third-order valence-electron chi connectivity index (χ3n) is 4.35. The molecule has 0 radical (unpaired) electrons. The third kappa shape index (κ3) is 3.51. The van der Waals surface area contributed by atoms with Crippen LogP contribution in [0.5, 0.6) is 0 Å². The van der Waals surface area contributed by atoms with Crippen LogP contribution in [0.4, 0.5) is 0 Å². The summed E-state index contributed by atoms with van der Waals surface area (Å²) in [5, 5.41) is 0. The van der Waals surface area contributed by atoms with E-state index < -0.39 is 5.54 Å². The van der Waals surface area contributed by atoms with E-state index in [1.54, 1.807) is 18.7 Å². The smallest absolute Gasteiger partial charge is 0.242 e. The molecule has 0 aromatic rings. The van der Waals surface area contributed by atoms with E-state index in [0.29, 0.717) is 19.0 Å². The maximum Gasteiger partial charge on any atom is 0.242 e. The summed E-state index contributed by atoms with van der Waals surface area (Å²) in [5.41, 5.74) is 5.04. The van der Waals surface area contributed by atoms with Crippen LogP contribution in [0.25, 0.3) is 0 Å². The highest BCUT2D eigenvalue weighted by Crippen LogP contribution is 2.23. The molecule has 5 nitrogen and oxygen atoms in total. The van der Waals surface area contributed by atoms with Gasteiger partial charge in [-0.05, 0) is 46.0 Å². The summed E-state index contributed by atoms with van der Waals surface area (Å²) in [5.74, 6) is 0.378. The summed E-state index contributed by atoms with van der Waals surface area (Å²) in [4.78, 5) is 28.3. The number of rotatable bonds is 2. The normalized spacial score (nSPS) is 21.9. The largest absolute Gasteiger partial charge is 0.342 e. The first kappa shape index (κ1) is 15.3. The van der Waals surface area contributed by atoms with Crippen LogP contribution >= 0.6 is 0 Å². The van der Waals surface area contributed by atoms with Gasteiger partial charge in [0.25, 0.3) is 0 Å². The fourth-order valence-corrected chi connectivity index (χ4v) is 3.11. The van der Waals surface area contributed by atoms with Gasteiger partial charge in [-0.3, -0.25) is 9.59 Å². The number of nitrogens with zero attached hydrogens (tertiary/aromatic N) is 2. The molecule has 2 aliphatic heterocycles. The van der Waals surface area contributed by atoms with E-state index in [9.17, 15) is 9.59 Å². The molecule has 2 N–H and O–H groups in total. The number of likely N-dealkylation sites (tertiary alicyclic amines) is 2. The van der Waals surface area contributed by atoms with Crippen molar-refractivity contribution in [3.63, 3.8) is 0 Å². The van der Waals surface area contributed by atoms with Crippen molar-refractivity contribution >= 4 is 11.8 Å². The second-order valence-electron chi connectivity index (χ2n) is 6.67. The van der Waals surface area contributed by atoms with Crippen LogP contribution in [0, 0.1) is 5.92 Å². The molecule has 0 atom stereocenters. The Bertz CT molecular complexity index is 362. The summed E-state index contributed by atoms with van der Waals surface area (Å²) < 4.78 is 0. The van der Waals surface area contributed by atoms with Crippen LogP contribution in [0.15, 0.2) is 0 Å². The van der Waals surface area contributed by atoms with E-state index in [0.717, 1.165) is 38.8 Å². The first-order valence-electron chi connectivity index (χ1n) is 7.76. The first-order valence-corrected chi connectivity index (χ1v) is 7.76. The molecule has 2 fully saturated rings.